The van der Waals surface area contributed by atoms with Crippen molar-refractivity contribution < 1.29 is 4.43 Å². The molecule has 1 radical (unpaired) electrons. The first-order chi connectivity index (χ1) is 2.41. The summed E-state index contributed by atoms with van der Waals surface area (Å²) in [6.07, 6.45) is 1.13. The average molecular weight is 89.2 g/mol. The minimum Gasteiger partial charge on any atom is -0.425 e. The van der Waals surface area contributed by atoms with Gasteiger partial charge in [0.1, 0.15) is 0 Å². The molecule has 0 saturated carbocycles. The fourth-order valence-electron chi connectivity index (χ4n) is 0.144. The fraction of sp³-hybridized carbons (Fsp3) is 1.00. The van der Waals surface area contributed by atoms with Crippen LogP contribution in [0.4, 0.5) is 0 Å². The topological polar surface area (TPSA) is 9.23 Å². The van der Waals surface area contributed by atoms with Gasteiger partial charge in [0.05, 0.1) is 0 Å². The van der Waals surface area contributed by atoms with Crippen molar-refractivity contribution in [1.82, 2.24) is 0 Å². The van der Waals surface area contributed by atoms with Gasteiger partial charge < -0.3 is 4.43 Å². The maximum Gasteiger partial charge on any atom is 0.174 e. The lowest BCUT2D eigenvalue weighted by Crippen LogP contribution is -1.83. The molecule has 0 rings (SSSR count). The predicted octanol–water partition coefficient (Wildman–Crippen LogP) is -0.0389. The van der Waals surface area contributed by atoms with E-state index in [4.69, 9.17) is 4.43 Å². The van der Waals surface area contributed by atoms with Gasteiger partial charge >= 0.3 is 0 Å². The Labute approximate surface area is 35.9 Å². The lowest BCUT2D eigenvalue weighted by atomic mass is 10.5. The van der Waals surface area contributed by atoms with Crippen LogP contribution in [-0.4, -0.2) is 17.1 Å². The zero-order chi connectivity index (χ0) is 4.12. The van der Waals surface area contributed by atoms with Crippen molar-refractivity contribution in [2.24, 2.45) is 0 Å². The molecule has 0 saturated heterocycles. The van der Waals surface area contributed by atoms with Crippen LogP contribution in [0.5, 0.6) is 0 Å². The summed E-state index contributed by atoms with van der Waals surface area (Å²) in [5.41, 5.74) is 0. The molecule has 0 aliphatic heterocycles. The third-order valence-electron chi connectivity index (χ3n) is 0.348. The summed E-state index contributed by atoms with van der Waals surface area (Å²) < 4.78 is 4.72. The van der Waals surface area contributed by atoms with Crippen molar-refractivity contribution in [3.8, 4) is 0 Å². The van der Waals surface area contributed by atoms with Gasteiger partial charge in [0, 0.05) is 6.61 Å². The highest BCUT2D eigenvalue weighted by atomic mass is 28.2. The quantitative estimate of drug-likeness (QED) is 0.431. The lowest BCUT2D eigenvalue weighted by molar-refractivity contribution is 0.349. The molecule has 5 heavy (non-hydrogen) atoms. The Bertz CT molecular complexity index is 14.4. The molecule has 0 N–H and O–H groups in total. The van der Waals surface area contributed by atoms with Gasteiger partial charge in [-0.25, -0.2) is 0 Å². The van der Waals surface area contributed by atoms with Crippen molar-refractivity contribution >= 4 is 10.5 Å². The van der Waals surface area contributed by atoms with E-state index in [1.165, 1.54) is 0 Å². The summed E-state index contributed by atoms with van der Waals surface area (Å²) in [6.45, 7) is 2.99. The second-order valence-electron chi connectivity index (χ2n) is 0.908. The largest absolute Gasteiger partial charge is 0.425 e. The molecular formula is C3H9OSi. The van der Waals surface area contributed by atoms with Crippen molar-refractivity contribution in [2.45, 2.75) is 13.3 Å². The van der Waals surface area contributed by atoms with Crippen LogP contribution < -0.4 is 0 Å². The zero-order valence-electron chi connectivity index (χ0n) is 3.53. The molecule has 2 heteroatoms. The van der Waals surface area contributed by atoms with Crippen LogP contribution in [0, 0.1) is 0 Å². The number of hydrogen-bond acceptors (Lipinski definition) is 1. The molecule has 0 aromatic heterocycles. The Balaban J connectivity index is 2.19. The summed E-state index contributed by atoms with van der Waals surface area (Å²) in [5.74, 6) is 0. The highest BCUT2D eigenvalue weighted by Crippen LogP contribution is 1.69. The molecule has 31 valence electrons. The Morgan fingerprint density at radius 1 is 1.80 bits per heavy atom. The maximum atomic E-state index is 4.72. The summed E-state index contributed by atoms with van der Waals surface area (Å²) >= 11 is 0. The Kier molecular flexibility index (Phi) is 4.32. The predicted molar refractivity (Wildman–Crippen MR) is 24.8 cm³/mol. The minimum atomic E-state index is 0.901. The van der Waals surface area contributed by atoms with Gasteiger partial charge in [-0.05, 0) is 6.42 Å². The van der Waals surface area contributed by atoms with Crippen LogP contribution in [0.3, 0.4) is 0 Å². The second-order valence-corrected chi connectivity index (χ2v) is 1.32. The summed E-state index contributed by atoms with van der Waals surface area (Å²) in [4.78, 5) is 0. The maximum absolute atomic E-state index is 4.72. The molecule has 0 atom stereocenters. The van der Waals surface area contributed by atoms with Gasteiger partial charge in [0.15, 0.2) is 10.5 Å². The van der Waals surface area contributed by atoms with Gasteiger partial charge in [-0.2, -0.15) is 0 Å². The molecule has 0 bridgehead atoms. The van der Waals surface area contributed by atoms with Crippen LogP contribution in [0.15, 0.2) is 0 Å². The van der Waals surface area contributed by atoms with E-state index in [1.54, 1.807) is 10.5 Å². The van der Waals surface area contributed by atoms with Gasteiger partial charge in [-0.15, -0.1) is 0 Å². The van der Waals surface area contributed by atoms with E-state index in [-0.39, 0.29) is 0 Å². The fourth-order valence-corrected chi connectivity index (χ4v) is 0.433. The summed E-state index contributed by atoms with van der Waals surface area (Å²) in [6, 6.07) is 0. The molecular weight excluding hydrogens is 80.1 g/mol. The minimum absolute atomic E-state index is 0.901. The van der Waals surface area contributed by atoms with Gasteiger partial charge in [-0.3, -0.25) is 0 Å². The highest BCUT2D eigenvalue weighted by Gasteiger charge is 1.65. The first kappa shape index (κ1) is 5.18. The van der Waals surface area contributed by atoms with E-state index in [2.05, 4.69) is 6.92 Å². The molecule has 0 aromatic rings. The van der Waals surface area contributed by atoms with Crippen LogP contribution in [0.1, 0.15) is 13.3 Å². The van der Waals surface area contributed by atoms with Gasteiger partial charge in [0.25, 0.3) is 0 Å². The SMILES string of the molecule is CCCO[SiH2]. The summed E-state index contributed by atoms with van der Waals surface area (Å²) in [5, 5.41) is 0. The van der Waals surface area contributed by atoms with Gasteiger partial charge in [0.2, 0.25) is 0 Å². The molecule has 0 fully saturated rings. The van der Waals surface area contributed by atoms with Crippen LogP contribution in [-0.2, 0) is 4.43 Å². The second kappa shape index (κ2) is 4.18. The molecule has 0 aromatic carbocycles. The molecule has 0 spiro atoms. The van der Waals surface area contributed by atoms with Crippen molar-refractivity contribution in [3.05, 3.63) is 0 Å². The Morgan fingerprint density at radius 2 is 2.40 bits per heavy atom. The monoisotopic (exact) mass is 89.0 g/mol. The van der Waals surface area contributed by atoms with Crippen molar-refractivity contribution in [2.75, 3.05) is 6.61 Å². The number of rotatable bonds is 2. The van der Waals surface area contributed by atoms with E-state index in [9.17, 15) is 0 Å². The van der Waals surface area contributed by atoms with Crippen molar-refractivity contribution in [1.29, 1.82) is 0 Å². The highest BCUT2D eigenvalue weighted by molar-refractivity contribution is 5.97. The average Bonchev–Trinajstić information content (AvgIpc) is 1.41. The van der Waals surface area contributed by atoms with E-state index in [0.717, 1.165) is 13.0 Å². The zero-order valence-corrected chi connectivity index (χ0v) is 4.94. The van der Waals surface area contributed by atoms with E-state index in [0.29, 0.717) is 0 Å². The summed E-state index contributed by atoms with van der Waals surface area (Å²) in [7, 11) is 1.55. The van der Waals surface area contributed by atoms with Crippen LogP contribution in [0.25, 0.3) is 0 Å². The standard InChI is InChI=1S/C3H9OSi/c1-2-3-4-5/h2-3,5H2,1H3. The third kappa shape index (κ3) is 4.18. The normalized spacial score (nSPS) is 8.40. The van der Waals surface area contributed by atoms with Crippen molar-refractivity contribution in [3.63, 3.8) is 0 Å². The molecule has 1 nitrogen and oxygen atoms in total. The molecule has 0 amide bonds. The first-order valence-electron chi connectivity index (χ1n) is 1.78. The Morgan fingerprint density at radius 3 is 2.40 bits per heavy atom. The van der Waals surface area contributed by atoms with Crippen LogP contribution >= 0.6 is 0 Å². The van der Waals surface area contributed by atoms with E-state index in [1.807, 2.05) is 0 Å². The smallest absolute Gasteiger partial charge is 0.174 e. The van der Waals surface area contributed by atoms with E-state index >= 15 is 0 Å². The first-order valence-corrected chi connectivity index (χ1v) is 2.36. The van der Waals surface area contributed by atoms with Crippen LogP contribution in [0.2, 0.25) is 0 Å². The Hall–Kier alpha value is 0.177. The molecule has 0 unspecified atom stereocenters. The molecule has 0 aliphatic carbocycles. The molecule has 0 aliphatic rings. The number of hydrogen-bond donors (Lipinski definition) is 0. The third-order valence-corrected chi connectivity index (χ3v) is 0.637. The van der Waals surface area contributed by atoms with Gasteiger partial charge in [-0.1, -0.05) is 6.92 Å². The lowest BCUT2D eigenvalue weighted by Gasteiger charge is -1.85. The molecule has 0 heterocycles. The van der Waals surface area contributed by atoms with E-state index < -0.39 is 0 Å².